The third-order valence-electron chi connectivity index (χ3n) is 6.77. The molecule has 0 unspecified atom stereocenters. The van der Waals surface area contributed by atoms with Crippen LogP contribution in [0, 0.1) is 11.6 Å². The lowest BCUT2D eigenvalue weighted by Gasteiger charge is -2.37. The van der Waals surface area contributed by atoms with Gasteiger partial charge in [-0.15, -0.1) is 11.8 Å². The zero-order chi connectivity index (χ0) is 27.5. The van der Waals surface area contributed by atoms with Gasteiger partial charge >= 0.3 is 11.9 Å². The lowest BCUT2D eigenvalue weighted by molar-refractivity contribution is -0.137. The van der Waals surface area contributed by atoms with Crippen molar-refractivity contribution in [1.82, 2.24) is 14.9 Å². The Morgan fingerprint density at radius 2 is 1.79 bits per heavy atom. The molecule has 1 fully saturated rings. The summed E-state index contributed by atoms with van der Waals surface area (Å²) in [7, 11) is 1.45. The molecule has 0 radical (unpaired) electrons. The number of alkyl halides is 3. The van der Waals surface area contributed by atoms with E-state index in [0.29, 0.717) is 19.2 Å². The molecule has 0 amide bonds. The van der Waals surface area contributed by atoms with Crippen molar-refractivity contribution in [2.24, 2.45) is 0 Å². The van der Waals surface area contributed by atoms with Gasteiger partial charge in [0.25, 0.3) is 0 Å². The number of halogens is 6. The summed E-state index contributed by atoms with van der Waals surface area (Å²) in [5.41, 5.74) is -2.37. The minimum absolute atomic E-state index is 0.00690. The second-order valence-corrected chi connectivity index (χ2v) is 11.5. The van der Waals surface area contributed by atoms with Crippen LogP contribution in [0.1, 0.15) is 19.4 Å². The summed E-state index contributed by atoms with van der Waals surface area (Å²) in [6, 6.07) is 2.50. The number of aromatic nitrogens is 2. The number of rotatable bonds is 3. The van der Waals surface area contributed by atoms with E-state index in [1.165, 1.54) is 11.7 Å². The Kier molecular flexibility index (Phi) is 7.25. The number of hydrogen-bond donors (Lipinski definition) is 1. The lowest BCUT2D eigenvalue weighted by atomic mass is 9.95. The smallest absolute Gasteiger partial charge is 0.379 e. The van der Waals surface area contributed by atoms with Crippen molar-refractivity contribution < 1.29 is 26.7 Å². The fourth-order valence-electron chi connectivity index (χ4n) is 5.22. The number of nitrogens with one attached hydrogen (secondary N) is 1. The number of nitrogens with zero attached hydrogens (tertiary/aromatic N) is 3. The van der Waals surface area contributed by atoms with Crippen LogP contribution in [0.4, 0.5) is 27.8 Å². The fourth-order valence-corrected chi connectivity index (χ4v) is 6.88. The number of anilines is 1. The van der Waals surface area contributed by atoms with E-state index in [4.69, 9.17) is 4.74 Å². The van der Waals surface area contributed by atoms with Crippen LogP contribution in [-0.4, -0.2) is 53.7 Å². The maximum atomic E-state index is 15.1. The van der Waals surface area contributed by atoms with Crippen molar-refractivity contribution in [2.75, 3.05) is 30.9 Å². The number of thioether (sulfide) groups is 1. The van der Waals surface area contributed by atoms with E-state index in [9.17, 15) is 22.4 Å². The number of methoxy groups -OCH3 is 1. The average Bonchev–Trinajstić information content (AvgIpc) is 3.03. The molecule has 1 saturated heterocycles. The SMILES string of the molecule is CO[C@@H]1CSc2c(-c3cc(Br)c(F)cc3F)c(C(F)(F)F)cc3c(N4C[C@@H](C)N[C@@H](C)C4)nc(=O)n(c23)C1. The Hall–Kier alpha value is -2.22. The Labute approximate surface area is 227 Å². The maximum absolute atomic E-state index is 15.1. The van der Waals surface area contributed by atoms with Gasteiger partial charge in [0, 0.05) is 65.5 Å². The predicted molar refractivity (Wildman–Crippen MR) is 140 cm³/mol. The van der Waals surface area contributed by atoms with Crippen LogP contribution >= 0.6 is 27.7 Å². The molecule has 3 heterocycles. The van der Waals surface area contributed by atoms with Gasteiger partial charge in [0.2, 0.25) is 0 Å². The van der Waals surface area contributed by atoms with Crippen LogP contribution in [-0.2, 0) is 17.5 Å². The van der Waals surface area contributed by atoms with Crippen molar-refractivity contribution in [2.45, 2.75) is 49.7 Å². The van der Waals surface area contributed by atoms with Gasteiger partial charge < -0.3 is 15.0 Å². The molecule has 1 aromatic heterocycles. The molecule has 38 heavy (non-hydrogen) atoms. The molecule has 0 saturated carbocycles. The first-order valence-corrected chi connectivity index (χ1v) is 13.7. The fraction of sp³-hybridized carbons (Fsp3) is 0.440. The molecule has 2 aromatic carbocycles. The highest BCUT2D eigenvalue weighted by atomic mass is 79.9. The summed E-state index contributed by atoms with van der Waals surface area (Å²) < 4.78 is 79.8. The topological polar surface area (TPSA) is 59.4 Å². The molecule has 2 aliphatic rings. The molecule has 5 rings (SSSR count). The Morgan fingerprint density at radius 1 is 1.11 bits per heavy atom. The van der Waals surface area contributed by atoms with Crippen molar-refractivity contribution in [3.8, 4) is 11.1 Å². The van der Waals surface area contributed by atoms with Crippen molar-refractivity contribution in [1.29, 1.82) is 0 Å². The van der Waals surface area contributed by atoms with Crippen LogP contribution < -0.4 is 15.9 Å². The van der Waals surface area contributed by atoms with Crippen molar-refractivity contribution in [3.05, 3.63) is 50.4 Å². The Balaban J connectivity index is 1.92. The van der Waals surface area contributed by atoms with Gasteiger partial charge in [0.1, 0.15) is 17.5 Å². The number of hydrogen-bond acceptors (Lipinski definition) is 6. The summed E-state index contributed by atoms with van der Waals surface area (Å²) in [6.07, 6.45) is -5.39. The van der Waals surface area contributed by atoms with E-state index in [0.717, 1.165) is 23.9 Å². The van der Waals surface area contributed by atoms with Crippen molar-refractivity contribution in [3.63, 3.8) is 0 Å². The maximum Gasteiger partial charge on any atom is 0.417 e. The quantitative estimate of drug-likeness (QED) is 0.312. The van der Waals surface area contributed by atoms with Crippen LogP contribution in [0.3, 0.4) is 0 Å². The number of benzene rings is 2. The predicted octanol–water partition coefficient (Wildman–Crippen LogP) is 5.43. The van der Waals surface area contributed by atoms with Gasteiger partial charge in [-0.3, -0.25) is 4.57 Å². The highest BCUT2D eigenvalue weighted by Gasteiger charge is 2.39. The average molecular weight is 619 g/mol. The van der Waals surface area contributed by atoms with Crippen molar-refractivity contribution >= 4 is 44.4 Å². The van der Waals surface area contributed by atoms with E-state index in [1.807, 2.05) is 18.7 Å². The van der Waals surface area contributed by atoms with E-state index in [-0.39, 0.29) is 50.5 Å². The first kappa shape index (κ1) is 27.4. The molecule has 3 aromatic rings. The second-order valence-electron chi connectivity index (χ2n) is 9.64. The summed E-state index contributed by atoms with van der Waals surface area (Å²) in [5, 5.41) is 3.50. The van der Waals surface area contributed by atoms with Crippen LogP contribution in [0.15, 0.2) is 32.4 Å². The van der Waals surface area contributed by atoms with E-state index >= 15 is 4.39 Å². The summed E-state index contributed by atoms with van der Waals surface area (Å²) in [5.74, 6) is -1.73. The van der Waals surface area contributed by atoms with E-state index < -0.39 is 46.3 Å². The summed E-state index contributed by atoms with van der Waals surface area (Å²) >= 11 is 4.02. The highest BCUT2D eigenvalue weighted by molar-refractivity contribution is 9.10. The van der Waals surface area contributed by atoms with Gasteiger partial charge in [-0.1, -0.05) is 0 Å². The molecular formula is C25H24BrF5N4O2S. The highest BCUT2D eigenvalue weighted by Crippen LogP contribution is 2.49. The van der Waals surface area contributed by atoms with Crippen LogP contribution in [0.25, 0.3) is 22.0 Å². The molecule has 0 spiro atoms. The normalized spacial score (nSPS) is 22.1. The molecule has 3 atom stereocenters. The summed E-state index contributed by atoms with van der Waals surface area (Å²) in [6.45, 7) is 4.82. The van der Waals surface area contributed by atoms with E-state index in [2.05, 4.69) is 26.2 Å². The van der Waals surface area contributed by atoms with Crippen LogP contribution in [0.5, 0.6) is 0 Å². The van der Waals surface area contributed by atoms with E-state index in [1.54, 1.807) is 0 Å². The monoisotopic (exact) mass is 618 g/mol. The molecule has 6 nitrogen and oxygen atoms in total. The zero-order valence-corrected chi connectivity index (χ0v) is 23.0. The van der Waals surface area contributed by atoms with Gasteiger partial charge in [0.15, 0.2) is 0 Å². The molecule has 13 heteroatoms. The zero-order valence-electron chi connectivity index (χ0n) is 20.6. The first-order chi connectivity index (χ1) is 17.9. The number of ether oxygens (including phenoxy) is 1. The molecule has 204 valence electrons. The minimum atomic E-state index is -4.89. The lowest BCUT2D eigenvalue weighted by Crippen LogP contribution is -2.55. The van der Waals surface area contributed by atoms with Gasteiger partial charge in [-0.2, -0.15) is 18.2 Å². The summed E-state index contributed by atoms with van der Waals surface area (Å²) in [4.78, 5) is 19.5. The first-order valence-electron chi connectivity index (χ1n) is 11.9. The molecule has 2 aliphatic heterocycles. The second kappa shape index (κ2) is 10.1. The third-order valence-corrected chi connectivity index (χ3v) is 8.61. The molecular weight excluding hydrogens is 595 g/mol. The standard InChI is InChI=1S/C25H24BrF5N4O2S/c1-11-7-34(8-12(2)32-11)23-15-4-16(25(29,30)31)20(14-5-17(26)19(28)6-18(14)27)22-21(15)35(24(36)33-23)9-13(37-3)10-38-22/h4-6,11-13,32H,7-10H2,1-3H3/t11-,12+,13-/m0/s1. The minimum Gasteiger partial charge on any atom is -0.379 e. The Bertz CT molecular complexity index is 1470. The van der Waals surface area contributed by atoms with Gasteiger partial charge in [-0.25, -0.2) is 13.6 Å². The largest absolute Gasteiger partial charge is 0.417 e. The molecule has 1 N–H and O–H groups in total. The van der Waals surface area contributed by atoms with Gasteiger partial charge in [-0.05, 0) is 41.9 Å². The Morgan fingerprint density at radius 3 is 2.42 bits per heavy atom. The third kappa shape index (κ3) is 4.82. The van der Waals surface area contributed by atoms with Gasteiger partial charge in [0.05, 0.1) is 28.2 Å². The van der Waals surface area contributed by atoms with Crippen LogP contribution in [0.2, 0.25) is 0 Å². The molecule has 0 bridgehead atoms. The number of piperazine rings is 1. The molecule has 0 aliphatic carbocycles.